The van der Waals surface area contributed by atoms with Crippen molar-refractivity contribution >= 4 is 16.0 Å². The lowest BCUT2D eigenvalue weighted by Crippen LogP contribution is -2.54. The Hall–Kier alpha value is -1.40. The van der Waals surface area contributed by atoms with Gasteiger partial charge in [0.05, 0.1) is 4.90 Å². The van der Waals surface area contributed by atoms with Gasteiger partial charge in [0.25, 0.3) is 0 Å². The third-order valence-electron chi connectivity index (χ3n) is 4.00. The van der Waals surface area contributed by atoms with Crippen LogP contribution in [-0.2, 0) is 14.8 Å². The standard InChI is InChI=1S/C15H21NO4S/c1-12-7-6-8-13(11-12)21(19,20)16-15(14(17)18)9-4-2-3-5-10-15/h6-8,11,16H,2-5,9-10H2,1H3,(H,17,18). The molecule has 1 aliphatic rings. The fourth-order valence-electron chi connectivity index (χ4n) is 2.79. The van der Waals surface area contributed by atoms with E-state index in [1.807, 2.05) is 0 Å². The highest BCUT2D eigenvalue weighted by atomic mass is 32.2. The number of aliphatic carboxylic acids is 1. The fraction of sp³-hybridized carbons (Fsp3) is 0.533. The van der Waals surface area contributed by atoms with Gasteiger partial charge in [-0.2, -0.15) is 4.72 Å². The van der Waals surface area contributed by atoms with Crippen LogP contribution in [0.2, 0.25) is 0 Å². The van der Waals surface area contributed by atoms with Crippen LogP contribution in [0.1, 0.15) is 44.1 Å². The molecule has 1 aromatic rings. The highest BCUT2D eigenvalue weighted by Crippen LogP contribution is 2.29. The van der Waals surface area contributed by atoms with Crippen LogP contribution in [0.5, 0.6) is 0 Å². The van der Waals surface area contributed by atoms with E-state index in [1.54, 1.807) is 25.1 Å². The van der Waals surface area contributed by atoms with E-state index in [-0.39, 0.29) is 4.90 Å². The monoisotopic (exact) mass is 311 g/mol. The van der Waals surface area contributed by atoms with Gasteiger partial charge in [-0.15, -0.1) is 0 Å². The molecule has 0 radical (unpaired) electrons. The van der Waals surface area contributed by atoms with Crippen molar-refractivity contribution in [3.8, 4) is 0 Å². The molecule has 0 bridgehead atoms. The van der Waals surface area contributed by atoms with Crippen molar-refractivity contribution in [2.24, 2.45) is 0 Å². The van der Waals surface area contributed by atoms with Gasteiger partial charge in [0.15, 0.2) is 0 Å². The third kappa shape index (κ3) is 3.63. The van der Waals surface area contributed by atoms with Crippen molar-refractivity contribution in [1.82, 2.24) is 4.72 Å². The molecule has 5 nitrogen and oxygen atoms in total. The number of benzene rings is 1. The van der Waals surface area contributed by atoms with Gasteiger partial charge in [0.2, 0.25) is 10.0 Å². The van der Waals surface area contributed by atoms with Gasteiger partial charge < -0.3 is 5.11 Å². The Bertz CT molecular complexity index is 616. The van der Waals surface area contributed by atoms with E-state index in [1.165, 1.54) is 6.07 Å². The SMILES string of the molecule is Cc1cccc(S(=O)(=O)NC2(C(=O)O)CCCCCC2)c1. The van der Waals surface area contributed by atoms with Crippen LogP contribution in [0.4, 0.5) is 0 Å². The number of carboxylic acids is 1. The molecular weight excluding hydrogens is 290 g/mol. The molecule has 0 saturated heterocycles. The highest BCUT2D eigenvalue weighted by molar-refractivity contribution is 7.89. The van der Waals surface area contributed by atoms with Gasteiger partial charge in [-0.1, -0.05) is 37.8 Å². The summed E-state index contributed by atoms with van der Waals surface area (Å²) in [4.78, 5) is 11.8. The van der Waals surface area contributed by atoms with Gasteiger partial charge in [-0.05, 0) is 37.5 Å². The number of nitrogens with one attached hydrogen (secondary N) is 1. The summed E-state index contributed by atoms with van der Waals surface area (Å²) >= 11 is 0. The number of carboxylic acid groups (broad SMARTS) is 1. The number of aryl methyl sites for hydroxylation is 1. The normalized spacial score (nSPS) is 18.9. The topological polar surface area (TPSA) is 83.5 Å². The van der Waals surface area contributed by atoms with Gasteiger partial charge in [0, 0.05) is 0 Å². The zero-order chi connectivity index (χ0) is 15.5. The molecule has 0 atom stereocenters. The Morgan fingerprint density at radius 3 is 2.33 bits per heavy atom. The van der Waals surface area contributed by atoms with Gasteiger partial charge in [-0.3, -0.25) is 4.79 Å². The Labute approximate surface area is 125 Å². The largest absolute Gasteiger partial charge is 0.480 e. The summed E-state index contributed by atoms with van der Waals surface area (Å²) in [5, 5.41) is 9.55. The maximum Gasteiger partial charge on any atom is 0.324 e. The van der Waals surface area contributed by atoms with E-state index in [0.717, 1.165) is 31.2 Å². The predicted molar refractivity (Wildman–Crippen MR) is 79.6 cm³/mol. The van der Waals surface area contributed by atoms with Gasteiger partial charge >= 0.3 is 5.97 Å². The second-order valence-electron chi connectivity index (χ2n) is 5.72. The first-order valence-corrected chi connectivity index (χ1v) is 8.68. The summed E-state index contributed by atoms with van der Waals surface area (Å²) in [5.74, 6) is -1.08. The highest BCUT2D eigenvalue weighted by Gasteiger charge is 2.42. The van der Waals surface area contributed by atoms with Crippen LogP contribution < -0.4 is 4.72 Å². The average Bonchev–Trinajstić information content (AvgIpc) is 2.65. The molecule has 0 unspecified atom stereocenters. The molecule has 0 heterocycles. The number of hydrogen-bond donors (Lipinski definition) is 2. The van der Waals surface area contributed by atoms with E-state index < -0.39 is 21.5 Å². The molecule has 0 amide bonds. The maximum atomic E-state index is 12.5. The van der Waals surface area contributed by atoms with Crippen LogP contribution in [0.3, 0.4) is 0 Å². The van der Waals surface area contributed by atoms with E-state index in [0.29, 0.717) is 12.8 Å². The van der Waals surface area contributed by atoms with Crippen LogP contribution >= 0.6 is 0 Å². The lowest BCUT2D eigenvalue weighted by Gasteiger charge is -2.29. The number of carbonyl (C=O) groups is 1. The minimum Gasteiger partial charge on any atom is -0.480 e. The predicted octanol–water partition coefficient (Wildman–Crippen LogP) is 2.45. The quantitative estimate of drug-likeness (QED) is 0.837. The molecule has 21 heavy (non-hydrogen) atoms. The van der Waals surface area contributed by atoms with Crippen molar-refractivity contribution in [1.29, 1.82) is 0 Å². The zero-order valence-electron chi connectivity index (χ0n) is 12.1. The summed E-state index contributed by atoms with van der Waals surface area (Å²) in [5.41, 5.74) is -0.554. The van der Waals surface area contributed by atoms with E-state index >= 15 is 0 Å². The van der Waals surface area contributed by atoms with E-state index in [9.17, 15) is 18.3 Å². The summed E-state index contributed by atoms with van der Waals surface area (Å²) in [7, 11) is -3.83. The summed E-state index contributed by atoms with van der Waals surface area (Å²) in [6.07, 6.45) is 4.02. The Kier molecular flexibility index (Phi) is 4.68. The summed E-state index contributed by atoms with van der Waals surface area (Å²) in [6, 6.07) is 6.50. The molecule has 2 N–H and O–H groups in total. The molecule has 2 rings (SSSR count). The average molecular weight is 311 g/mol. The Morgan fingerprint density at radius 1 is 1.19 bits per heavy atom. The molecular formula is C15H21NO4S. The fourth-order valence-corrected chi connectivity index (χ4v) is 4.31. The summed E-state index contributed by atoms with van der Waals surface area (Å²) in [6.45, 7) is 1.80. The third-order valence-corrected chi connectivity index (χ3v) is 5.53. The van der Waals surface area contributed by atoms with E-state index in [2.05, 4.69) is 4.72 Å². The first-order valence-electron chi connectivity index (χ1n) is 7.20. The van der Waals surface area contributed by atoms with Crippen LogP contribution in [-0.4, -0.2) is 25.0 Å². The number of rotatable bonds is 4. The smallest absolute Gasteiger partial charge is 0.324 e. The second kappa shape index (κ2) is 6.15. The van der Waals surface area contributed by atoms with Gasteiger partial charge in [-0.25, -0.2) is 8.42 Å². The second-order valence-corrected chi connectivity index (χ2v) is 7.41. The number of hydrogen-bond acceptors (Lipinski definition) is 3. The summed E-state index contributed by atoms with van der Waals surface area (Å²) < 4.78 is 27.5. The first kappa shape index (κ1) is 16.0. The maximum absolute atomic E-state index is 12.5. The minimum atomic E-state index is -3.83. The molecule has 6 heteroatoms. The molecule has 1 saturated carbocycles. The molecule has 0 aliphatic heterocycles. The first-order chi connectivity index (χ1) is 9.86. The Morgan fingerprint density at radius 2 is 1.81 bits per heavy atom. The minimum absolute atomic E-state index is 0.118. The molecule has 1 fully saturated rings. The van der Waals surface area contributed by atoms with Crippen molar-refractivity contribution in [2.75, 3.05) is 0 Å². The molecule has 1 aliphatic carbocycles. The lowest BCUT2D eigenvalue weighted by atomic mass is 9.92. The number of sulfonamides is 1. The van der Waals surface area contributed by atoms with Crippen molar-refractivity contribution in [3.05, 3.63) is 29.8 Å². The van der Waals surface area contributed by atoms with Gasteiger partial charge in [0.1, 0.15) is 5.54 Å². The van der Waals surface area contributed by atoms with Crippen molar-refractivity contribution in [3.63, 3.8) is 0 Å². The van der Waals surface area contributed by atoms with Crippen LogP contribution in [0, 0.1) is 6.92 Å². The molecule has 0 spiro atoms. The van der Waals surface area contributed by atoms with Crippen LogP contribution in [0.25, 0.3) is 0 Å². The van der Waals surface area contributed by atoms with Crippen molar-refractivity contribution in [2.45, 2.75) is 55.9 Å². The molecule has 116 valence electrons. The lowest BCUT2D eigenvalue weighted by molar-refractivity contribution is -0.144. The zero-order valence-corrected chi connectivity index (χ0v) is 12.9. The molecule has 0 aromatic heterocycles. The van der Waals surface area contributed by atoms with E-state index in [4.69, 9.17) is 0 Å². The molecule has 1 aromatic carbocycles. The Balaban J connectivity index is 2.33. The van der Waals surface area contributed by atoms with Crippen LogP contribution in [0.15, 0.2) is 29.2 Å². The van der Waals surface area contributed by atoms with Crippen molar-refractivity contribution < 1.29 is 18.3 Å².